The molecule has 0 atom stereocenters. The van der Waals surface area contributed by atoms with Gasteiger partial charge in [0, 0.05) is 23.7 Å². The highest BCUT2D eigenvalue weighted by molar-refractivity contribution is 6.36. The lowest BCUT2D eigenvalue weighted by Crippen LogP contribution is -2.13. The molecule has 1 aliphatic rings. The molecule has 0 bridgehead atoms. The Balaban J connectivity index is 1.66. The van der Waals surface area contributed by atoms with E-state index in [-0.39, 0.29) is 10.6 Å². The van der Waals surface area contributed by atoms with E-state index in [1.165, 1.54) is 18.2 Å². The predicted molar refractivity (Wildman–Crippen MR) is 107 cm³/mol. The number of rotatable bonds is 3. The summed E-state index contributed by atoms with van der Waals surface area (Å²) >= 11 is 12.0. The van der Waals surface area contributed by atoms with Crippen molar-refractivity contribution in [2.24, 2.45) is 0 Å². The highest BCUT2D eigenvalue weighted by Crippen LogP contribution is 2.28. The van der Waals surface area contributed by atoms with Crippen molar-refractivity contribution < 1.29 is 9.18 Å². The van der Waals surface area contributed by atoms with E-state index in [4.69, 9.17) is 23.2 Å². The average Bonchev–Trinajstić information content (AvgIpc) is 2.93. The zero-order chi connectivity index (χ0) is 19.7. The summed E-state index contributed by atoms with van der Waals surface area (Å²) in [6.45, 7) is 0.756. The minimum absolute atomic E-state index is 0.247. The lowest BCUT2D eigenvalue weighted by Gasteiger charge is -2.11. The zero-order valence-electron chi connectivity index (χ0n) is 14.9. The monoisotopic (exact) mass is 418 g/mol. The van der Waals surface area contributed by atoms with Gasteiger partial charge in [-0.15, -0.1) is 10.2 Å². The standard InChI is InChI=1S/C20H17Cl2FN4O/c21-12-5-7-16(22)14(10-12)20(28)24-13-6-8-17(23)15(11-13)19-26-25-18-4-2-1-3-9-27(18)19/h5-8,10-11H,1-4,9H2,(H,24,28). The number of fused-ring (bicyclic) bond motifs is 1. The third kappa shape index (κ3) is 3.75. The number of nitrogens with one attached hydrogen (secondary N) is 1. The van der Waals surface area contributed by atoms with Gasteiger partial charge in [0.2, 0.25) is 0 Å². The number of nitrogens with zero attached hydrogens (tertiary/aromatic N) is 3. The first-order valence-electron chi connectivity index (χ1n) is 9.01. The Morgan fingerprint density at radius 2 is 1.93 bits per heavy atom. The third-order valence-corrected chi connectivity index (χ3v) is 5.31. The van der Waals surface area contributed by atoms with Crippen LogP contribution in [0.1, 0.15) is 35.4 Å². The average molecular weight is 419 g/mol. The minimum Gasteiger partial charge on any atom is -0.322 e. The van der Waals surface area contributed by atoms with Crippen molar-refractivity contribution in [1.29, 1.82) is 0 Å². The number of halogens is 3. The number of carbonyl (C=O) groups is 1. The van der Waals surface area contributed by atoms with E-state index in [1.54, 1.807) is 18.2 Å². The molecule has 0 saturated heterocycles. The molecule has 144 valence electrons. The fourth-order valence-corrected chi connectivity index (χ4v) is 3.70. The molecule has 0 fully saturated rings. The molecule has 2 aromatic carbocycles. The number of hydrogen-bond donors (Lipinski definition) is 1. The van der Waals surface area contributed by atoms with Gasteiger partial charge in [0.15, 0.2) is 5.82 Å². The Morgan fingerprint density at radius 1 is 1.07 bits per heavy atom. The Kier molecular flexibility index (Phi) is 5.33. The highest BCUT2D eigenvalue weighted by Gasteiger charge is 2.20. The summed E-state index contributed by atoms with van der Waals surface area (Å²) in [5.74, 6) is 0.502. The minimum atomic E-state index is -0.426. The van der Waals surface area contributed by atoms with Crippen LogP contribution in [0.5, 0.6) is 0 Å². The lowest BCUT2D eigenvalue weighted by atomic mass is 10.1. The Bertz CT molecular complexity index is 1050. The molecule has 0 unspecified atom stereocenters. The van der Waals surface area contributed by atoms with Gasteiger partial charge >= 0.3 is 0 Å². The van der Waals surface area contributed by atoms with E-state index < -0.39 is 11.7 Å². The summed E-state index contributed by atoms with van der Waals surface area (Å²) in [5, 5.41) is 11.8. The molecule has 8 heteroatoms. The fraction of sp³-hybridized carbons (Fsp3) is 0.250. The summed E-state index contributed by atoms with van der Waals surface area (Å²) in [6.07, 6.45) is 4.00. The van der Waals surface area contributed by atoms with Gasteiger partial charge in [0.1, 0.15) is 11.6 Å². The fourth-order valence-electron chi connectivity index (χ4n) is 3.33. The van der Waals surface area contributed by atoms with Gasteiger partial charge < -0.3 is 9.88 Å². The summed E-state index contributed by atoms with van der Waals surface area (Å²) < 4.78 is 16.5. The van der Waals surface area contributed by atoms with Gasteiger partial charge in [0.25, 0.3) is 5.91 Å². The topological polar surface area (TPSA) is 59.8 Å². The number of carbonyl (C=O) groups excluding carboxylic acids is 1. The molecule has 4 rings (SSSR count). The summed E-state index contributed by atoms with van der Waals surface area (Å²) in [4.78, 5) is 12.6. The molecule has 3 aromatic rings. The molecule has 0 spiro atoms. The summed E-state index contributed by atoms with van der Waals surface area (Å²) in [5.41, 5.74) is 0.982. The quantitative estimate of drug-likeness (QED) is 0.621. The molecule has 1 amide bonds. The Labute approximate surface area is 171 Å². The van der Waals surface area contributed by atoms with Crippen LogP contribution in [0.3, 0.4) is 0 Å². The zero-order valence-corrected chi connectivity index (χ0v) is 16.4. The molecule has 1 aliphatic heterocycles. The number of aromatic nitrogens is 3. The number of hydrogen-bond acceptors (Lipinski definition) is 3. The highest BCUT2D eigenvalue weighted by atomic mass is 35.5. The molecule has 2 heterocycles. The molecule has 0 aliphatic carbocycles. The Hall–Kier alpha value is -2.44. The first kappa shape index (κ1) is 18.9. The maximum absolute atomic E-state index is 14.5. The van der Waals surface area contributed by atoms with Crippen molar-refractivity contribution in [3.05, 3.63) is 63.6 Å². The first-order valence-corrected chi connectivity index (χ1v) is 9.77. The summed E-state index contributed by atoms with van der Waals surface area (Å²) in [6, 6.07) is 9.02. The molecule has 28 heavy (non-hydrogen) atoms. The van der Waals surface area contributed by atoms with Crippen LogP contribution < -0.4 is 5.32 Å². The second-order valence-electron chi connectivity index (χ2n) is 6.68. The van der Waals surface area contributed by atoms with E-state index in [0.717, 1.165) is 38.1 Å². The van der Waals surface area contributed by atoms with Gasteiger partial charge in [-0.05, 0) is 49.2 Å². The largest absolute Gasteiger partial charge is 0.322 e. The van der Waals surface area contributed by atoms with Crippen molar-refractivity contribution >= 4 is 34.8 Å². The van der Waals surface area contributed by atoms with Crippen LogP contribution in [0.2, 0.25) is 10.0 Å². The maximum Gasteiger partial charge on any atom is 0.257 e. The van der Waals surface area contributed by atoms with Gasteiger partial charge in [-0.1, -0.05) is 29.6 Å². The van der Waals surface area contributed by atoms with Gasteiger partial charge in [-0.3, -0.25) is 4.79 Å². The number of amides is 1. The van der Waals surface area contributed by atoms with Crippen LogP contribution in [-0.2, 0) is 13.0 Å². The molecule has 0 saturated carbocycles. The number of anilines is 1. The molecular weight excluding hydrogens is 402 g/mol. The number of benzene rings is 2. The van der Waals surface area contributed by atoms with Crippen molar-refractivity contribution in [1.82, 2.24) is 14.8 Å². The third-order valence-electron chi connectivity index (χ3n) is 4.75. The predicted octanol–water partition coefficient (Wildman–Crippen LogP) is 5.37. The normalized spacial score (nSPS) is 13.7. The molecule has 1 aromatic heterocycles. The van der Waals surface area contributed by atoms with E-state index in [2.05, 4.69) is 15.5 Å². The number of aryl methyl sites for hydroxylation is 1. The SMILES string of the molecule is O=C(Nc1ccc(F)c(-c2nnc3n2CCCCC3)c1)c1cc(Cl)ccc1Cl. The van der Waals surface area contributed by atoms with Crippen LogP contribution in [-0.4, -0.2) is 20.7 Å². The van der Waals surface area contributed by atoms with Crippen molar-refractivity contribution in [3.63, 3.8) is 0 Å². The Morgan fingerprint density at radius 3 is 2.79 bits per heavy atom. The van der Waals surface area contributed by atoms with Crippen molar-refractivity contribution in [2.75, 3.05) is 5.32 Å². The lowest BCUT2D eigenvalue weighted by molar-refractivity contribution is 0.102. The van der Waals surface area contributed by atoms with E-state index in [9.17, 15) is 9.18 Å². The van der Waals surface area contributed by atoms with Crippen LogP contribution in [0.4, 0.5) is 10.1 Å². The maximum atomic E-state index is 14.5. The van der Waals surface area contributed by atoms with Crippen LogP contribution in [0.25, 0.3) is 11.4 Å². The van der Waals surface area contributed by atoms with Crippen LogP contribution in [0, 0.1) is 5.82 Å². The molecule has 5 nitrogen and oxygen atoms in total. The van der Waals surface area contributed by atoms with Gasteiger partial charge in [-0.25, -0.2) is 4.39 Å². The second-order valence-corrected chi connectivity index (χ2v) is 7.52. The van der Waals surface area contributed by atoms with Gasteiger partial charge in [-0.2, -0.15) is 0 Å². The molecule has 0 radical (unpaired) electrons. The first-order chi connectivity index (χ1) is 13.5. The van der Waals surface area contributed by atoms with Crippen LogP contribution in [0.15, 0.2) is 36.4 Å². The molecule has 1 N–H and O–H groups in total. The van der Waals surface area contributed by atoms with Crippen LogP contribution >= 0.6 is 23.2 Å². The van der Waals surface area contributed by atoms with Crippen molar-refractivity contribution in [3.8, 4) is 11.4 Å². The summed E-state index contributed by atoms with van der Waals surface area (Å²) in [7, 11) is 0. The van der Waals surface area contributed by atoms with Gasteiger partial charge in [0.05, 0.1) is 16.1 Å². The van der Waals surface area contributed by atoms with E-state index >= 15 is 0 Å². The molecular formula is C20H17Cl2FN4O. The van der Waals surface area contributed by atoms with E-state index in [1.807, 2.05) is 4.57 Å². The van der Waals surface area contributed by atoms with E-state index in [0.29, 0.717) is 22.1 Å². The second kappa shape index (κ2) is 7.89. The van der Waals surface area contributed by atoms with Crippen molar-refractivity contribution in [2.45, 2.75) is 32.2 Å². The smallest absolute Gasteiger partial charge is 0.257 e.